The van der Waals surface area contributed by atoms with E-state index in [1.807, 2.05) is 0 Å². The second kappa shape index (κ2) is 3.88. The Labute approximate surface area is 76.9 Å². The number of piperidine rings is 1. The lowest BCUT2D eigenvalue weighted by Crippen LogP contribution is -2.39. The molecule has 0 aromatic carbocycles. The summed E-state index contributed by atoms with van der Waals surface area (Å²) in [6, 6.07) is 0.655. The van der Waals surface area contributed by atoms with E-state index in [0.29, 0.717) is 6.04 Å². The van der Waals surface area contributed by atoms with Gasteiger partial charge in [0.1, 0.15) is 0 Å². The van der Waals surface area contributed by atoms with E-state index in [0.717, 1.165) is 12.3 Å². The monoisotopic (exact) mass is 187 g/mol. The molecule has 2 fully saturated rings. The molecule has 2 atom stereocenters. The van der Waals surface area contributed by atoms with Crippen LogP contribution in [0.3, 0.4) is 0 Å². The summed E-state index contributed by atoms with van der Waals surface area (Å²) >= 11 is 0. The Morgan fingerprint density at radius 2 is 1.83 bits per heavy atom. The molecule has 2 rings (SSSR count). The predicted molar refractivity (Wildman–Crippen MR) is 51.2 cm³/mol. The van der Waals surface area contributed by atoms with Crippen LogP contribution in [0, 0.1) is 0 Å². The summed E-state index contributed by atoms with van der Waals surface area (Å²) in [4.78, 5) is 0. The van der Waals surface area contributed by atoms with Gasteiger partial charge in [0.25, 0.3) is 0 Å². The van der Waals surface area contributed by atoms with Crippen LogP contribution in [0.5, 0.6) is 0 Å². The van der Waals surface area contributed by atoms with E-state index in [9.17, 15) is 4.21 Å². The van der Waals surface area contributed by atoms with Gasteiger partial charge < -0.3 is 0 Å². The largest absolute Gasteiger partial charge is 0.243 e. The van der Waals surface area contributed by atoms with Crippen LogP contribution in [0.15, 0.2) is 0 Å². The standard InChI is InChI=1S/C9H17NOS/c11-12-8-4-2-6-9-5-1-3-7-10(9)12/h9H,1-8H2. The first-order valence-corrected chi connectivity index (χ1v) is 6.30. The van der Waals surface area contributed by atoms with Crippen molar-refractivity contribution in [3.8, 4) is 0 Å². The third-order valence-corrected chi connectivity index (χ3v) is 4.58. The van der Waals surface area contributed by atoms with E-state index in [2.05, 4.69) is 4.31 Å². The summed E-state index contributed by atoms with van der Waals surface area (Å²) < 4.78 is 13.9. The molecule has 2 aliphatic heterocycles. The first kappa shape index (κ1) is 8.70. The van der Waals surface area contributed by atoms with Crippen molar-refractivity contribution in [3.05, 3.63) is 0 Å². The van der Waals surface area contributed by atoms with Crippen molar-refractivity contribution >= 4 is 11.0 Å². The molecule has 0 N–H and O–H groups in total. The molecule has 0 amide bonds. The highest BCUT2D eigenvalue weighted by Gasteiger charge is 2.28. The predicted octanol–water partition coefficient (Wildman–Crippen LogP) is 1.69. The lowest BCUT2D eigenvalue weighted by Gasteiger charge is -2.32. The van der Waals surface area contributed by atoms with Crippen LogP contribution in [0.2, 0.25) is 0 Å². The second-order valence-corrected chi connectivity index (χ2v) is 5.33. The summed E-state index contributed by atoms with van der Waals surface area (Å²) in [6.45, 7) is 1.08. The van der Waals surface area contributed by atoms with Crippen LogP contribution in [-0.4, -0.2) is 26.9 Å². The number of hydrogen-bond donors (Lipinski definition) is 0. The highest BCUT2D eigenvalue weighted by Crippen LogP contribution is 2.25. The average Bonchev–Trinajstić information content (AvgIpc) is 2.29. The molecule has 2 nitrogen and oxygen atoms in total. The maximum atomic E-state index is 11.7. The maximum absolute atomic E-state index is 11.7. The third kappa shape index (κ3) is 1.72. The van der Waals surface area contributed by atoms with Crippen molar-refractivity contribution in [3.63, 3.8) is 0 Å². The van der Waals surface area contributed by atoms with Crippen molar-refractivity contribution in [2.45, 2.75) is 44.6 Å². The molecule has 3 heteroatoms. The molecule has 12 heavy (non-hydrogen) atoms. The van der Waals surface area contributed by atoms with Crippen LogP contribution in [-0.2, 0) is 11.0 Å². The van der Waals surface area contributed by atoms with E-state index in [1.54, 1.807) is 0 Å². The molecule has 0 aliphatic carbocycles. The van der Waals surface area contributed by atoms with Gasteiger partial charge in [-0.05, 0) is 25.7 Å². The Bertz CT molecular complexity index is 183. The molecule has 0 bridgehead atoms. The lowest BCUT2D eigenvalue weighted by atomic mass is 10.00. The van der Waals surface area contributed by atoms with Gasteiger partial charge >= 0.3 is 0 Å². The minimum absolute atomic E-state index is 0.641. The molecule has 0 radical (unpaired) electrons. The molecular formula is C9H17NOS. The Balaban J connectivity index is 2.06. The van der Waals surface area contributed by atoms with E-state index in [-0.39, 0.29) is 0 Å². The molecular weight excluding hydrogens is 170 g/mol. The van der Waals surface area contributed by atoms with Gasteiger partial charge in [0, 0.05) is 18.3 Å². The van der Waals surface area contributed by atoms with Crippen molar-refractivity contribution in [2.75, 3.05) is 12.3 Å². The third-order valence-electron chi connectivity index (χ3n) is 2.94. The molecule has 0 spiro atoms. The molecule has 0 aromatic heterocycles. The van der Waals surface area contributed by atoms with Crippen molar-refractivity contribution in [1.82, 2.24) is 4.31 Å². The fraction of sp³-hybridized carbons (Fsp3) is 1.00. The zero-order valence-electron chi connectivity index (χ0n) is 7.50. The Morgan fingerprint density at radius 1 is 1.08 bits per heavy atom. The van der Waals surface area contributed by atoms with Crippen LogP contribution in [0.1, 0.15) is 38.5 Å². The zero-order chi connectivity index (χ0) is 8.39. The molecule has 0 aromatic rings. The van der Waals surface area contributed by atoms with Gasteiger partial charge in [0.2, 0.25) is 0 Å². The Morgan fingerprint density at radius 3 is 2.67 bits per heavy atom. The number of hydrogen-bond acceptors (Lipinski definition) is 1. The van der Waals surface area contributed by atoms with Gasteiger partial charge in [-0.3, -0.25) is 0 Å². The van der Waals surface area contributed by atoms with Crippen molar-refractivity contribution in [2.24, 2.45) is 0 Å². The van der Waals surface area contributed by atoms with Crippen molar-refractivity contribution < 1.29 is 4.21 Å². The Hall–Kier alpha value is 0.110. The first-order chi connectivity index (χ1) is 5.88. The molecule has 2 unspecified atom stereocenters. The van der Waals surface area contributed by atoms with Crippen LogP contribution in [0.4, 0.5) is 0 Å². The smallest absolute Gasteiger partial charge is 0.0945 e. The Kier molecular flexibility index (Phi) is 2.81. The summed E-state index contributed by atoms with van der Waals surface area (Å²) in [5, 5.41) is 0. The van der Waals surface area contributed by atoms with Gasteiger partial charge in [-0.1, -0.05) is 12.8 Å². The SMILES string of the molecule is O=S1CCCCC2CCCCN21. The van der Waals surface area contributed by atoms with E-state index in [4.69, 9.17) is 0 Å². The number of fused-ring (bicyclic) bond motifs is 1. The molecule has 70 valence electrons. The zero-order valence-corrected chi connectivity index (χ0v) is 8.31. The number of rotatable bonds is 0. The van der Waals surface area contributed by atoms with Gasteiger partial charge in [0.15, 0.2) is 0 Å². The fourth-order valence-electron chi connectivity index (χ4n) is 2.25. The topological polar surface area (TPSA) is 20.3 Å². The maximum Gasteiger partial charge on any atom is 0.0945 e. The van der Waals surface area contributed by atoms with Gasteiger partial charge in [-0.15, -0.1) is 0 Å². The van der Waals surface area contributed by atoms with E-state index in [1.165, 1.54) is 38.5 Å². The van der Waals surface area contributed by atoms with Crippen LogP contribution in [0.25, 0.3) is 0 Å². The molecule has 2 saturated heterocycles. The minimum Gasteiger partial charge on any atom is -0.243 e. The van der Waals surface area contributed by atoms with E-state index >= 15 is 0 Å². The van der Waals surface area contributed by atoms with E-state index < -0.39 is 11.0 Å². The summed E-state index contributed by atoms with van der Waals surface area (Å²) in [7, 11) is -0.641. The van der Waals surface area contributed by atoms with Crippen LogP contribution < -0.4 is 0 Å². The fourth-order valence-corrected chi connectivity index (χ4v) is 3.82. The average molecular weight is 187 g/mol. The first-order valence-electron chi connectivity index (χ1n) is 5.03. The number of nitrogens with zero attached hydrogens (tertiary/aromatic N) is 1. The summed E-state index contributed by atoms with van der Waals surface area (Å²) in [6.07, 6.45) is 7.62. The quantitative estimate of drug-likeness (QED) is 0.565. The van der Waals surface area contributed by atoms with Gasteiger partial charge in [-0.25, -0.2) is 8.51 Å². The lowest BCUT2D eigenvalue weighted by molar-refractivity contribution is 0.254. The van der Waals surface area contributed by atoms with Crippen molar-refractivity contribution in [1.29, 1.82) is 0 Å². The summed E-state index contributed by atoms with van der Waals surface area (Å²) in [5.41, 5.74) is 0. The highest BCUT2D eigenvalue weighted by atomic mass is 32.2. The second-order valence-electron chi connectivity index (χ2n) is 3.81. The normalized spacial score (nSPS) is 38.7. The molecule has 2 aliphatic rings. The van der Waals surface area contributed by atoms with Gasteiger partial charge in [0.05, 0.1) is 11.0 Å². The van der Waals surface area contributed by atoms with Crippen LogP contribution >= 0.6 is 0 Å². The molecule has 2 heterocycles. The minimum atomic E-state index is -0.641. The molecule has 0 saturated carbocycles. The van der Waals surface area contributed by atoms with Gasteiger partial charge in [-0.2, -0.15) is 0 Å². The highest BCUT2D eigenvalue weighted by molar-refractivity contribution is 7.82. The summed E-state index contributed by atoms with van der Waals surface area (Å²) in [5.74, 6) is 0.913.